The molecule has 0 saturated heterocycles. The minimum absolute atomic E-state index is 0.377. The third-order valence-corrected chi connectivity index (χ3v) is 6.51. The number of nitrogens with one attached hydrogen (secondary N) is 2. The van der Waals surface area contributed by atoms with Crippen LogP contribution < -0.4 is 10.6 Å². The highest BCUT2D eigenvalue weighted by Crippen LogP contribution is 2.18. The van der Waals surface area contributed by atoms with E-state index in [1.165, 1.54) is 38.4 Å². The van der Waals surface area contributed by atoms with Gasteiger partial charge < -0.3 is 15.1 Å². The van der Waals surface area contributed by atoms with Gasteiger partial charge in [-0.2, -0.15) is 0 Å². The SMILES string of the molecule is Cc1cc(CN=C(NCCc2ccco2)NC2CCCCC2)ccc1S(C)(=O)=O. The van der Waals surface area contributed by atoms with E-state index in [0.717, 1.165) is 35.8 Å². The van der Waals surface area contributed by atoms with E-state index in [1.54, 1.807) is 12.3 Å². The summed E-state index contributed by atoms with van der Waals surface area (Å²) in [6.45, 7) is 3.05. The summed E-state index contributed by atoms with van der Waals surface area (Å²) >= 11 is 0. The number of furan rings is 1. The van der Waals surface area contributed by atoms with Crippen molar-refractivity contribution in [3.05, 3.63) is 53.5 Å². The molecule has 1 aromatic carbocycles. The Morgan fingerprint density at radius 1 is 1.21 bits per heavy atom. The number of hydrogen-bond donors (Lipinski definition) is 2. The average Bonchev–Trinajstić information content (AvgIpc) is 3.19. The predicted molar refractivity (Wildman–Crippen MR) is 116 cm³/mol. The number of nitrogens with zero attached hydrogens (tertiary/aromatic N) is 1. The van der Waals surface area contributed by atoms with Crippen molar-refractivity contribution in [2.75, 3.05) is 12.8 Å². The molecule has 1 aliphatic carbocycles. The smallest absolute Gasteiger partial charge is 0.191 e. The Balaban J connectivity index is 1.66. The highest BCUT2D eigenvalue weighted by atomic mass is 32.2. The highest BCUT2D eigenvalue weighted by Gasteiger charge is 2.15. The molecule has 0 unspecified atom stereocenters. The molecule has 1 heterocycles. The second-order valence-corrected chi connectivity index (χ2v) is 9.76. The van der Waals surface area contributed by atoms with Crippen molar-refractivity contribution in [2.24, 2.45) is 4.99 Å². The molecule has 29 heavy (non-hydrogen) atoms. The summed E-state index contributed by atoms with van der Waals surface area (Å²) in [4.78, 5) is 5.13. The molecule has 0 aliphatic heterocycles. The van der Waals surface area contributed by atoms with Gasteiger partial charge in [0.25, 0.3) is 0 Å². The third-order valence-electron chi connectivity index (χ3n) is 5.25. The Hall–Kier alpha value is -2.28. The van der Waals surface area contributed by atoms with Crippen LogP contribution >= 0.6 is 0 Å². The highest BCUT2D eigenvalue weighted by molar-refractivity contribution is 7.90. The van der Waals surface area contributed by atoms with Crippen LogP contribution in [0.5, 0.6) is 0 Å². The van der Waals surface area contributed by atoms with Crippen molar-refractivity contribution in [1.29, 1.82) is 0 Å². The Kier molecular flexibility index (Phi) is 7.36. The quantitative estimate of drug-likeness (QED) is 0.531. The molecular formula is C22H31N3O3S. The lowest BCUT2D eigenvalue weighted by molar-refractivity contribution is 0.409. The number of rotatable bonds is 7. The first kappa shape index (κ1) is 21.4. The van der Waals surface area contributed by atoms with Crippen molar-refractivity contribution in [2.45, 2.75) is 62.9 Å². The molecule has 3 rings (SSSR count). The van der Waals surface area contributed by atoms with Crippen LogP contribution in [-0.2, 0) is 22.8 Å². The Bertz CT molecular complexity index is 915. The standard InChI is InChI=1S/C22H31N3O3S/c1-17-15-18(10-11-21(17)29(2,26)27)16-24-22(25-19-7-4-3-5-8-19)23-13-12-20-9-6-14-28-20/h6,9-11,14-15,19H,3-5,7-8,12-13,16H2,1-2H3,(H2,23,24,25). The normalized spacial score (nSPS) is 16.0. The van der Waals surface area contributed by atoms with Gasteiger partial charge >= 0.3 is 0 Å². The fraction of sp³-hybridized carbons (Fsp3) is 0.500. The van der Waals surface area contributed by atoms with Crippen molar-refractivity contribution < 1.29 is 12.8 Å². The lowest BCUT2D eigenvalue weighted by atomic mass is 9.96. The first-order chi connectivity index (χ1) is 13.9. The molecular weight excluding hydrogens is 386 g/mol. The first-order valence-electron chi connectivity index (χ1n) is 10.3. The summed E-state index contributed by atoms with van der Waals surface area (Å²) in [5, 5.41) is 6.98. The van der Waals surface area contributed by atoms with Gasteiger partial charge in [0.15, 0.2) is 15.8 Å². The summed E-state index contributed by atoms with van der Waals surface area (Å²) in [7, 11) is -3.20. The van der Waals surface area contributed by atoms with Crippen LogP contribution in [0.1, 0.15) is 49.0 Å². The van der Waals surface area contributed by atoms with E-state index < -0.39 is 9.84 Å². The zero-order valence-electron chi connectivity index (χ0n) is 17.3. The average molecular weight is 418 g/mol. The predicted octanol–water partition coefficient (Wildman–Crippen LogP) is 3.60. The number of hydrogen-bond acceptors (Lipinski definition) is 4. The van der Waals surface area contributed by atoms with E-state index >= 15 is 0 Å². The fourth-order valence-corrected chi connectivity index (χ4v) is 4.71. The van der Waals surface area contributed by atoms with Gasteiger partial charge in [-0.3, -0.25) is 0 Å². The van der Waals surface area contributed by atoms with Gasteiger partial charge in [-0.15, -0.1) is 0 Å². The van der Waals surface area contributed by atoms with Crippen molar-refractivity contribution in [1.82, 2.24) is 10.6 Å². The molecule has 0 bridgehead atoms. The van der Waals surface area contributed by atoms with Gasteiger partial charge in [0.05, 0.1) is 17.7 Å². The first-order valence-corrected chi connectivity index (χ1v) is 12.2. The second kappa shape index (κ2) is 9.96. The molecule has 6 nitrogen and oxygen atoms in total. The summed E-state index contributed by atoms with van der Waals surface area (Å²) in [6.07, 6.45) is 9.87. The van der Waals surface area contributed by atoms with E-state index in [9.17, 15) is 8.42 Å². The fourth-order valence-electron chi connectivity index (χ4n) is 3.75. The van der Waals surface area contributed by atoms with Crippen LogP contribution in [-0.4, -0.2) is 33.2 Å². The Labute approximate surface area is 173 Å². The van der Waals surface area contributed by atoms with Gasteiger partial charge in [-0.25, -0.2) is 13.4 Å². The topological polar surface area (TPSA) is 83.7 Å². The van der Waals surface area contributed by atoms with Crippen LogP contribution in [0.2, 0.25) is 0 Å². The van der Waals surface area contributed by atoms with Gasteiger partial charge in [-0.05, 0) is 49.1 Å². The van der Waals surface area contributed by atoms with E-state index in [1.807, 2.05) is 31.2 Å². The van der Waals surface area contributed by atoms with Crippen LogP contribution in [0.3, 0.4) is 0 Å². The lowest BCUT2D eigenvalue weighted by Crippen LogP contribution is -2.44. The maximum absolute atomic E-state index is 11.8. The third kappa shape index (κ3) is 6.63. The summed E-state index contributed by atoms with van der Waals surface area (Å²) in [6, 6.07) is 9.74. The molecule has 1 saturated carbocycles. The van der Waals surface area contributed by atoms with Crippen LogP contribution in [0.15, 0.2) is 50.9 Å². The number of benzene rings is 1. The maximum Gasteiger partial charge on any atom is 0.191 e. The van der Waals surface area contributed by atoms with Crippen molar-refractivity contribution in [3.8, 4) is 0 Å². The van der Waals surface area contributed by atoms with Crippen molar-refractivity contribution in [3.63, 3.8) is 0 Å². The van der Waals surface area contributed by atoms with Crippen LogP contribution in [0.4, 0.5) is 0 Å². The Morgan fingerprint density at radius 3 is 2.66 bits per heavy atom. The second-order valence-electron chi connectivity index (χ2n) is 7.77. The number of guanidine groups is 1. The molecule has 2 aromatic rings. The maximum atomic E-state index is 11.8. The zero-order chi connectivity index (χ0) is 20.7. The number of sulfone groups is 1. The number of aryl methyl sites for hydroxylation is 1. The van der Waals surface area contributed by atoms with Gasteiger partial charge in [0.1, 0.15) is 5.76 Å². The molecule has 0 atom stereocenters. The monoisotopic (exact) mass is 417 g/mol. The van der Waals surface area contributed by atoms with Crippen LogP contribution in [0, 0.1) is 6.92 Å². The van der Waals surface area contributed by atoms with E-state index in [4.69, 9.17) is 9.41 Å². The molecule has 158 valence electrons. The minimum Gasteiger partial charge on any atom is -0.469 e. The molecule has 1 aromatic heterocycles. The number of aliphatic imine (C=N–C) groups is 1. The van der Waals surface area contributed by atoms with E-state index in [0.29, 0.717) is 17.5 Å². The van der Waals surface area contributed by atoms with Gasteiger partial charge in [0, 0.05) is 25.3 Å². The molecule has 2 N–H and O–H groups in total. The minimum atomic E-state index is -3.20. The molecule has 1 fully saturated rings. The molecule has 0 spiro atoms. The van der Waals surface area contributed by atoms with Crippen molar-refractivity contribution >= 4 is 15.8 Å². The summed E-state index contributed by atoms with van der Waals surface area (Å²) < 4.78 is 29.0. The molecule has 1 aliphatic rings. The van der Waals surface area contributed by atoms with Gasteiger partial charge in [0.2, 0.25) is 0 Å². The summed E-state index contributed by atoms with van der Waals surface area (Å²) in [5.41, 5.74) is 1.75. The molecule has 7 heteroatoms. The molecule has 0 radical (unpaired) electrons. The van der Waals surface area contributed by atoms with Gasteiger partial charge in [-0.1, -0.05) is 31.4 Å². The molecule has 0 amide bonds. The van der Waals surface area contributed by atoms with E-state index in [2.05, 4.69) is 10.6 Å². The Morgan fingerprint density at radius 2 is 2.00 bits per heavy atom. The zero-order valence-corrected chi connectivity index (χ0v) is 18.1. The lowest BCUT2D eigenvalue weighted by Gasteiger charge is -2.25. The van der Waals surface area contributed by atoms with E-state index in [-0.39, 0.29) is 0 Å². The summed E-state index contributed by atoms with van der Waals surface area (Å²) in [5.74, 6) is 1.75. The largest absolute Gasteiger partial charge is 0.469 e. The van der Waals surface area contributed by atoms with Crippen LogP contribution in [0.25, 0.3) is 0 Å².